The van der Waals surface area contributed by atoms with Crippen molar-refractivity contribution >= 4 is 17.4 Å². The summed E-state index contributed by atoms with van der Waals surface area (Å²) >= 11 is 1.30. The molecule has 0 aliphatic heterocycles. The number of nitrogens with zero attached hydrogens (tertiary/aromatic N) is 2. The second kappa shape index (κ2) is 8.01. The molecule has 0 aliphatic carbocycles. The normalized spacial score (nSPS) is 10.6. The molecule has 1 aromatic heterocycles. The van der Waals surface area contributed by atoms with E-state index in [0.29, 0.717) is 31.1 Å². The van der Waals surface area contributed by atoms with Gasteiger partial charge >= 0.3 is 6.03 Å². The molecule has 0 unspecified atom stereocenters. The third-order valence-corrected chi connectivity index (χ3v) is 4.35. The van der Waals surface area contributed by atoms with Crippen LogP contribution in [0, 0.1) is 11.6 Å². The molecule has 1 heterocycles. The van der Waals surface area contributed by atoms with Gasteiger partial charge in [-0.05, 0) is 26.0 Å². The summed E-state index contributed by atoms with van der Waals surface area (Å²) in [7, 11) is 0. The van der Waals surface area contributed by atoms with Crippen LogP contribution in [-0.4, -0.2) is 35.5 Å². The largest absolute Gasteiger partial charge is 0.338 e. The first kappa shape index (κ1) is 17.3. The smallest absolute Gasteiger partial charge is 0.317 e. The average Bonchev–Trinajstić information content (AvgIpc) is 2.97. The molecule has 2 rings (SSSR count). The van der Waals surface area contributed by atoms with E-state index >= 15 is 0 Å². The van der Waals surface area contributed by atoms with Crippen LogP contribution in [0.1, 0.15) is 19.5 Å². The van der Waals surface area contributed by atoms with Crippen molar-refractivity contribution in [3.8, 4) is 10.6 Å². The van der Waals surface area contributed by atoms with Crippen LogP contribution in [0.4, 0.5) is 13.6 Å². The van der Waals surface area contributed by atoms with Crippen LogP contribution in [0.2, 0.25) is 0 Å². The van der Waals surface area contributed by atoms with Gasteiger partial charge in [-0.15, -0.1) is 11.3 Å². The summed E-state index contributed by atoms with van der Waals surface area (Å²) in [6.45, 7) is 5.63. The molecule has 0 fully saturated rings. The van der Waals surface area contributed by atoms with E-state index in [1.54, 1.807) is 4.90 Å². The van der Waals surface area contributed by atoms with Gasteiger partial charge in [0.05, 0.1) is 5.69 Å². The molecule has 4 nitrogen and oxygen atoms in total. The van der Waals surface area contributed by atoms with Crippen LogP contribution in [0.15, 0.2) is 23.6 Å². The highest BCUT2D eigenvalue weighted by Gasteiger charge is 2.12. The summed E-state index contributed by atoms with van der Waals surface area (Å²) in [5.74, 6) is -1.23. The maximum absolute atomic E-state index is 13.7. The van der Waals surface area contributed by atoms with Gasteiger partial charge in [0.1, 0.15) is 16.6 Å². The summed E-state index contributed by atoms with van der Waals surface area (Å²) in [6.07, 6.45) is 0.562. The maximum atomic E-state index is 13.7. The van der Waals surface area contributed by atoms with E-state index in [-0.39, 0.29) is 11.6 Å². The van der Waals surface area contributed by atoms with E-state index in [9.17, 15) is 13.6 Å². The van der Waals surface area contributed by atoms with E-state index in [4.69, 9.17) is 0 Å². The molecule has 23 heavy (non-hydrogen) atoms. The van der Waals surface area contributed by atoms with Gasteiger partial charge < -0.3 is 10.2 Å². The van der Waals surface area contributed by atoms with E-state index in [1.807, 2.05) is 19.2 Å². The van der Waals surface area contributed by atoms with Gasteiger partial charge in [0.25, 0.3) is 0 Å². The fourth-order valence-corrected chi connectivity index (χ4v) is 3.01. The molecule has 0 atom stereocenters. The topological polar surface area (TPSA) is 45.2 Å². The van der Waals surface area contributed by atoms with Crippen molar-refractivity contribution in [2.24, 2.45) is 0 Å². The number of urea groups is 1. The quantitative estimate of drug-likeness (QED) is 0.872. The number of carbonyl (C=O) groups excluding carboxylic acids is 1. The highest BCUT2D eigenvalue weighted by molar-refractivity contribution is 7.13. The lowest BCUT2D eigenvalue weighted by molar-refractivity contribution is 0.203. The fraction of sp³-hybridized carbons (Fsp3) is 0.375. The minimum Gasteiger partial charge on any atom is -0.338 e. The third-order valence-electron chi connectivity index (χ3n) is 3.42. The van der Waals surface area contributed by atoms with Crippen molar-refractivity contribution in [1.82, 2.24) is 15.2 Å². The Balaban J connectivity index is 1.94. The lowest BCUT2D eigenvalue weighted by atomic mass is 10.2. The summed E-state index contributed by atoms with van der Waals surface area (Å²) in [6, 6.07) is 3.34. The summed E-state index contributed by atoms with van der Waals surface area (Å²) < 4.78 is 26.7. The van der Waals surface area contributed by atoms with E-state index in [2.05, 4.69) is 10.3 Å². The van der Waals surface area contributed by atoms with Gasteiger partial charge in [-0.25, -0.2) is 18.6 Å². The molecule has 0 bridgehead atoms. The molecule has 7 heteroatoms. The van der Waals surface area contributed by atoms with Gasteiger partial charge in [0.15, 0.2) is 0 Å². The molecule has 0 saturated carbocycles. The molecule has 1 N–H and O–H groups in total. The van der Waals surface area contributed by atoms with Gasteiger partial charge in [-0.2, -0.15) is 0 Å². The van der Waals surface area contributed by atoms with Gasteiger partial charge in [-0.1, -0.05) is 0 Å². The van der Waals surface area contributed by atoms with Crippen LogP contribution in [0.25, 0.3) is 10.6 Å². The first-order chi connectivity index (χ1) is 11.0. The molecule has 124 valence electrons. The molecule has 0 spiro atoms. The Morgan fingerprint density at radius 2 is 2.04 bits per heavy atom. The number of thiazole rings is 1. The SMILES string of the molecule is CCN(CC)C(=O)NCCc1csc(-c2ccc(F)cc2F)n1. The monoisotopic (exact) mass is 339 g/mol. The number of aromatic nitrogens is 1. The number of halogens is 2. The minimum atomic E-state index is -0.624. The summed E-state index contributed by atoms with van der Waals surface area (Å²) in [5, 5.41) is 5.16. The molecule has 1 aromatic carbocycles. The number of carbonyl (C=O) groups is 1. The van der Waals surface area contributed by atoms with Gasteiger partial charge in [-0.3, -0.25) is 0 Å². The molecule has 2 amide bonds. The van der Waals surface area contributed by atoms with Gasteiger partial charge in [0, 0.05) is 43.1 Å². The van der Waals surface area contributed by atoms with Crippen molar-refractivity contribution in [2.75, 3.05) is 19.6 Å². The van der Waals surface area contributed by atoms with E-state index in [0.717, 1.165) is 11.8 Å². The standard InChI is InChI=1S/C16H19F2N3OS/c1-3-21(4-2)16(22)19-8-7-12-10-23-15(20-12)13-6-5-11(17)9-14(13)18/h5-6,9-10H,3-4,7-8H2,1-2H3,(H,19,22). The summed E-state index contributed by atoms with van der Waals surface area (Å²) in [5.41, 5.74) is 1.06. The molecule has 2 aromatic rings. The molecule has 0 saturated heterocycles. The highest BCUT2D eigenvalue weighted by atomic mass is 32.1. The Bertz CT molecular complexity index is 671. The third kappa shape index (κ3) is 4.48. The number of nitrogens with one attached hydrogen (secondary N) is 1. The number of hydrogen-bond donors (Lipinski definition) is 1. The van der Waals surface area contributed by atoms with E-state index in [1.165, 1.54) is 23.5 Å². The Morgan fingerprint density at radius 1 is 1.30 bits per heavy atom. The van der Waals surface area contributed by atoms with Crippen molar-refractivity contribution in [3.05, 3.63) is 40.9 Å². The zero-order valence-electron chi connectivity index (χ0n) is 13.1. The fourth-order valence-electron chi connectivity index (χ4n) is 2.13. The number of benzene rings is 1. The van der Waals surface area contributed by atoms with E-state index < -0.39 is 11.6 Å². The van der Waals surface area contributed by atoms with Crippen LogP contribution in [-0.2, 0) is 6.42 Å². The van der Waals surface area contributed by atoms with Crippen molar-refractivity contribution in [2.45, 2.75) is 20.3 Å². The lowest BCUT2D eigenvalue weighted by Gasteiger charge is -2.18. The highest BCUT2D eigenvalue weighted by Crippen LogP contribution is 2.26. The van der Waals surface area contributed by atoms with Crippen molar-refractivity contribution in [3.63, 3.8) is 0 Å². The number of amides is 2. The zero-order chi connectivity index (χ0) is 16.8. The molecule has 0 aliphatic rings. The Hall–Kier alpha value is -2.02. The Labute approximate surface area is 138 Å². The Kier molecular flexibility index (Phi) is 6.04. The number of hydrogen-bond acceptors (Lipinski definition) is 3. The number of rotatable bonds is 6. The Morgan fingerprint density at radius 3 is 2.70 bits per heavy atom. The van der Waals surface area contributed by atoms with Gasteiger partial charge in [0.2, 0.25) is 0 Å². The predicted octanol–water partition coefficient (Wildman–Crippen LogP) is 3.68. The molecular formula is C16H19F2N3OS. The molecule has 0 radical (unpaired) electrons. The first-order valence-corrected chi connectivity index (χ1v) is 8.35. The van der Waals surface area contributed by atoms with Crippen LogP contribution < -0.4 is 5.32 Å². The average molecular weight is 339 g/mol. The van der Waals surface area contributed by atoms with Crippen LogP contribution >= 0.6 is 11.3 Å². The predicted molar refractivity (Wildman–Crippen MR) is 87.5 cm³/mol. The van der Waals surface area contributed by atoms with Crippen LogP contribution in [0.3, 0.4) is 0 Å². The maximum Gasteiger partial charge on any atom is 0.317 e. The van der Waals surface area contributed by atoms with Crippen molar-refractivity contribution < 1.29 is 13.6 Å². The summed E-state index contributed by atoms with van der Waals surface area (Å²) in [4.78, 5) is 17.8. The molecular weight excluding hydrogens is 320 g/mol. The minimum absolute atomic E-state index is 0.102. The lowest BCUT2D eigenvalue weighted by Crippen LogP contribution is -2.40. The van der Waals surface area contributed by atoms with Crippen LogP contribution in [0.5, 0.6) is 0 Å². The second-order valence-electron chi connectivity index (χ2n) is 4.92. The first-order valence-electron chi connectivity index (χ1n) is 7.47. The second-order valence-corrected chi connectivity index (χ2v) is 5.78. The zero-order valence-corrected chi connectivity index (χ0v) is 13.9. The van der Waals surface area contributed by atoms with Crippen molar-refractivity contribution in [1.29, 1.82) is 0 Å².